The van der Waals surface area contributed by atoms with Gasteiger partial charge in [0.1, 0.15) is 0 Å². The summed E-state index contributed by atoms with van der Waals surface area (Å²) in [6, 6.07) is 12.9. The van der Waals surface area contributed by atoms with Crippen molar-refractivity contribution in [1.82, 2.24) is 4.57 Å². The van der Waals surface area contributed by atoms with E-state index in [1.54, 1.807) is 6.07 Å². The summed E-state index contributed by atoms with van der Waals surface area (Å²) < 4.78 is 1.90. The molecule has 4 heterocycles. The molecule has 29 heavy (non-hydrogen) atoms. The topological polar surface area (TPSA) is 63.8 Å². The second kappa shape index (κ2) is 6.95. The lowest BCUT2D eigenvalue weighted by atomic mass is 9.82. The van der Waals surface area contributed by atoms with Crippen molar-refractivity contribution >= 4 is 17.5 Å². The number of likely N-dealkylation sites (tertiary alicyclic amines) is 1. The van der Waals surface area contributed by atoms with Gasteiger partial charge in [-0.15, -0.1) is 0 Å². The molecule has 2 bridgehead atoms. The minimum atomic E-state index is -0.319. The van der Waals surface area contributed by atoms with E-state index in [4.69, 9.17) is 0 Å². The molecule has 1 N–H and O–H groups in total. The predicted molar refractivity (Wildman–Crippen MR) is 109 cm³/mol. The summed E-state index contributed by atoms with van der Waals surface area (Å²) >= 11 is 0. The number of nitrogens with zero attached hydrogens (tertiary/aromatic N) is 2. The van der Waals surface area contributed by atoms with Gasteiger partial charge >= 0.3 is 0 Å². The molecule has 0 radical (unpaired) electrons. The Hall–Kier alpha value is -2.73. The molecule has 5 rings (SSSR count). The third-order valence-corrected chi connectivity index (χ3v) is 6.86. The highest BCUT2D eigenvalue weighted by Crippen LogP contribution is 2.31. The lowest BCUT2D eigenvalue weighted by Crippen LogP contribution is -3.18. The summed E-state index contributed by atoms with van der Waals surface area (Å²) in [5.74, 6) is 0.452. The van der Waals surface area contributed by atoms with E-state index in [1.165, 1.54) is 15.4 Å². The lowest BCUT2D eigenvalue weighted by Gasteiger charge is -2.41. The predicted octanol–water partition coefficient (Wildman–Crippen LogP) is 0.745. The van der Waals surface area contributed by atoms with Crippen LogP contribution in [-0.4, -0.2) is 35.5 Å². The number of carbonyl (C=O) groups excluding carboxylic acids is 2. The van der Waals surface area contributed by atoms with Crippen LogP contribution in [0, 0.1) is 5.92 Å². The minimum Gasteiger partial charge on any atom is -0.323 e. The number of benzene rings is 1. The van der Waals surface area contributed by atoms with Crippen molar-refractivity contribution in [3.05, 3.63) is 64.1 Å². The zero-order valence-corrected chi connectivity index (χ0v) is 16.6. The molecular formula is C23H26N3O3+. The number of quaternary nitrogens is 1. The summed E-state index contributed by atoms with van der Waals surface area (Å²) in [4.78, 5) is 40.7. The van der Waals surface area contributed by atoms with Gasteiger partial charge in [0.05, 0.1) is 25.2 Å². The standard InChI is InChI=1S/C23H25N3O3/c1-2-15-6-8-18(9-7-15)26-22(28)11-20(23(26)29)24-12-16-10-17(14-24)19-4-3-5-21(27)25(19)13-16/h3-9,16-17,20H,2,10-14H2,1H3/p+1/t16-,17+,20+/m1/s1. The molecule has 2 aromatic rings. The van der Waals surface area contributed by atoms with Gasteiger partial charge in [-0.2, -0.15) is 0 Å². The average molecular weight is 392 g/mol. The van der Waals surface area contributed by atoms with Gasteiger partial charge in [-0.3, -0.25) is 14.4 Å². The summed E-state index contributed by atoms with van der Waals surface area (Å²) in [5, 5.41) is 0. The molecule has 3 aliphatic heterocycles. The van der Waals surface area contributed by atoms with E-state index in [0.717, 1.165) is 31.6 Å². The van der Waals surface area contributed by atoms with Crippen molar-refractivity contribution in [2.45, 2.75) is 44.7 Å². The van der Waals surface area contributed by atoms with Crippen LogP contribution in [0.3, 0.4) is 0 Å². The fourth-order valence-corrected chi connectivity index (χ4v) is 5.44. The van der Waals surface area contributed by atoms with Crippen LogP contribution in [0.25, 0.3) is 0 Å². The molecule has 4 atom stereocenters. The molecule has 0 spiro atoms. The average Bonchev–Trinajstić information content (AvgIpc) is 3.03. The van der Waals surface area contributed by atoms with Crippen molar-refractivity contribution in [2.24, 2.45) is 5.92 Å². The number of amides is 2. The number of nitrogens with one attached hydrogen (secondary N) is 1. The summed E-state index contributed by atoms with van der Waals surface area (Å²) in [7, 11) is 0. The normalized spacial score (nSPS) is 28.5. The van der Waals surface area contributed by atoms with E-state index in [9.17, 15) is 14.4 Å². The Morgan fingerprint density at radius 1 is 1.03 bits per heavy atom. The van der Waals surface area contributed by atoms with Gasteiger partial charge in [-0.25, -0.2) is 4.90 Å². The van der Waals surface area contributed by atoms with Crippen LogP contribution in [-0.2, 0) is 22.6 Å². The van der Waals surface area contributed by atoms with Gasteiger partial charge in [-0.05, 0) is 36.6 Å². The van der Waals surface area contributed by atoms with E-state index in [-0.39, 0.29) is 35.8 Å². The van der Waals surface area contributed by atoms with Crippen LogP contribution in [0.4, 0.5) is 5.69 Å². The molecule has 1 unspecified atom stereocenters. The molecule has 2 saturated heterocycles. The van der Waals surface area contributed by atoms with Crippen LogP contribution in [0.15, 0.2) is 47.3 Å². The second-order valence-corrected chi connectivity index (χ2v) is 8.61. The van der Waals surface area contributed by atoms with Crippen LogP contribution in [0.2, 0.25) is 0 Å². The van der Waals surface area contributed by atoms with Crippen molar-refractivity contribution in [1.29, 1.82) is 0 Å². The molecular weight excluding hydrogens is 366 g/mol. The molecule has 0 aliphatic carbocycles. The zero-order chi connectivity index (χ0) is 20.1. The first-order valence-electron chi connectivity index (χ1n) is 10.5. The molecule has 6 heteroatoms. The number of piperidine rings is 1. The number of hydrogen-bond donors (Lipinski definition) is 1. The minimum absolute atomic E-state index is 0.0643. The van der Waals surface area contributed by atoms with Crippen LogP contribution in [0.5, 0.6) is 0 Å². The summed E-state index contributed by atoms with van der Waals surface area (Å²) in [5.41, 5.74) is 3.00. The molecule has 150 valence electrons. The van der Waals surface area contributed by atoms with Crippen LogP contribution in [0.1, 0.15) is 36.9 Å². The first-order valence-corrected chi connectivity index (χ1v) is 10.5. The Morgan fingerprint density at radius 2 is 1.83 bits per heavy atom. The summed E-state index contributed by atoms with van der Waals surface area (Å²) in [6.07, 6.45) is 2.25. The Bertz CT molecular complexity index is 1030. The SMILES string of the molecule is CCc1ccc(N2C(=O)C[C@H]([NH+]3C[C@H]4C[C@@H](C3)c3cccc(=O)n3C4)C2=O)cc1. The lowest BCUT2D eigenvalue weighted by molar-refractivity contribution is -0.925. The van der Waals surface area contributed by atoms with Gasteiger partial charge in [0.25, 0.3) is 11.5 Å². The maximum absolute atomic E-state index is 13.2. The first kappa shape index (κ1) is 18.3. The number of rotatable bonds is 3. The van der Waals surface area contributed by atoms with E-state index in [0.29, 0.717) is 18.2 Å². The fraction of sp³-hybridized carbons (Fsp3) is 0.435. The van der Waals surface area contributed by atoms with Crippen molar-refractivity contribution in [2.75, 3.05) is 18.0 Å². The molecule has 0 saturated carbocycles. The fourth-order valence-electron chi connectivity index (χ4n) is 5.44. The number of aromatic nitrogens is 1. The number of pyridine rings is 1. The molecule has 6 nitrogen and oxygen atoms in total. The molecule has 2 fully saturated rings. The smallest absolute Gasteiger partial charge is 0.292 e. The molecule has 1 aromatic heterocycles. The summed E-state index contributed by atoms with van der Waals surface area (Å²) in [6.45, 7) is 4.43. The number of carbonyl (C=O) groups is 2. The largest absolute Gasteiger partial charge is 0.323 e. The second-order valence-electron chi connectivity index (χ2n) is 8.61. The molecule has 1 aromatic carbocycles. The Kier molecular flexibility index (Phi) is 4.39. The number of fused-ring (bicyclic) bond motifs is 4. The quantitative estimate of drug-likeness (QED) is 0.784. The van der Waals surface area contributed by atoms with E-state index < -0.39 is 0 Å². The Labute approximate surface area is 169 Å². The highest BCUT2D eigenvalue weighted by Gasteiger charge is 2.49. The third-order valence-electron chi connectivity index (χ3n) is 6.86. The monoisotopic (exact) mass is 392 g/mol. The van der Waals surface area contributed by atoms with Gasteiger partial charge in [0.2, 0.25) is 5.91 Å². The van der Waals surface area contributed by atoms with E-state index in [2.05, 4.69) is 6.92 Å². The van der Waals surface area contributed by atoms with Crippen LogP contribution >= 0.6 is 0 Å². The molecule has 3 aliphatic rings. The third kappa shape index (κ3) is 3.02. The van der Waals surface area contributed by atoms with Crippen molar-refractivity contribution in [3.63, 3.8) is 0 Å². The van der Waals surface area contributed by atoms with Gasteiger partial charge in [-0.1, -0.05) is 25.1 Å². The first-order chi connectivity index (χ1) is 14.0. The van der Waals surface area contributed by atoms with Crippen molar-refractivity contribution < 1.29 is 14.5 Å². The number of hydrogen-bond acceptors (Lipinski definition) is 3. The van der Waals surface area contributed by atoms with E-state index >= 15 is 0 Å². The Morgan fingerprint density at radius 3 is 2.59 bits per heavy atom. The molecule has 2 amide bonds. The number of aryl methyl sites for hydroxylation is 1. The number of imide groups is 1. The van der Waals surface area contributed by atoms with Gasteiger partial charge in [0.15, 0.2) is 6.04 Å². The van der Waals surface area contributed by atoms with Gasteiger partial charge < -0.3 is 9.47 Å². The maximum Gasteiger partial charge on any atom is 0.292 e. The highest BCUT2D eigenvalue weighted by molar-refractivity contribution is 6.21. The van der Waals surface area contributed by atoms with Crippen molar-refractivity contribution in [3.8, 4) is 0 Å². The van der Waals surface area contributed by atoms with E-state index in [1.807, 2.05) is 41.0 Å². The van der Waals surface area contributed by atoms with Crippen LogP contribution < -0.4 is 15.4 Å². The highest BCUT2D eigenvalue weighted by atomic mass is 16.2. The number of anilines is 1. The van der Waals surface area contributed by atoms with Gasteiger partial charge in [0, 0.05) is 30.1 Å². The maximum atomic E-state index is 13.2. The zero-order valence-electron chi connectivity index (χ0n) is 16.6. The Balaban J connectivity index is 1.39.